The summed E-state index contributed by atoms with van der Waals surface area (Å²) in [5, 5.41) is 0. The standard InChI is InChI=1S/C19H20N2O3/c1-24-17-9-7-16(8-10-17)19(23)21-12-11-20(18(22)14-21)13-15-5-3-2-4-6-15/h2-10H,11-14H2,1H3. The Kier molecular flexibility index (Phi) is 4.79. The van der Waals surface area contributed by atoms with E-state index in [0.29, 0.717) is 30.9 Å². The van der Waals surface area contributed by atoms with Gasteiger partial charge in [-0.1, -0.05) is 30.3 Å². The molecule has 24 heavy (non-hydrogen) atoms. The maximum Gasteiger partial charge on any atom is 0.254 e. The van der Waals surface area contributed by atoms with Gasteiger partial charge in [0.15, 0.2) is 0 Å². The lowest BCUT2D eigenvalue weighted by Gasteiger charge is -2.34. The first-order valence-corrected chi connectivity index (χ1v) is 7.92. The van der Waals surface area contributed by atoms with Crippen LogP contribution in [0.25, 0.3) is 0 Å². The molecule has 3 rings (SSSR count). The molecular weight excluding hydrogens is 304 g/mol. The first kappa shape index (κ1) is 16.1. The van der Waals surface area contributed by atoms with E-state index >= 15 is 0 Å². The topological polar surface area (TPSA) is 49.9 Å². The summed E-state index contributed by atoms with van der Waals surface area (Å²) in [6.07, 6.45) is 0. The highest BCUT2D eigenvalue weighted by atomic mass is 16.5. The van der Waals surface area contributed by atoms with Gasteiger partial charge in [-0.3, -0.25) is 9.59 Å². The molecule has 0 atom stereocenters. The molecular formula is C19H20N2O3. The van der Waals surface area contributed by atoms with Gasteiger partial charge in [-0.05, 0) is 29.8 Å². The normalized spacial score (nSPS) is 14.6. The van der Waals surface area contributed by atoms with Crippen LogP contribution in [0, 0.1) is 0 Å². The molecule has 2 aromatic rings. The zero-order chi connectivity index (χ0) is 16.9. The van der Waals surface area contributed by atoms with Crippen LogP contribution in [-0.2, 0) is 11.3 Å². The number of piperazine rings is 1. The number of hydrogen-bond donors (Lipinski definition) is 0. The van der Waals surface area contributed by atoms with Gasteiger partial charge in [0.25, 0.3) is 5.91 Å². The second kappa shape index (κ2) is 7.17. The van der Waals surface area contributed by atoms with Crippen molar-refractivity contribution in [2.24, 2.45) is 0 Å². The summed E-state index contributed by atoms with van der Waals surface area (Å²) in [4.78, 5) is 28.3. The van der Waals surface area contributed by atoms with Crippen molar-refractivity contribution < 1.29 is 14.3 Å². The van der Waals surface area contributed by atoms with Crippen LogP contribution in [0.1, 0.15) is 15.9 Å². The van der Waals surface area contributed by atoms with Crippen LogP contribution in [0.2, 0.25) is 0 Å². The SMILES string of the molecule is COc1ccc(C(=O)N2CCN(Cc3ccccc3)C(=O)C2)cc1. The van der Waals surface area contributed by atoms with E-state index in [-0.39, 0.29) is 18.4 Å². The number of carbonyl (C=O) groups is 2. The monoisotopic (exact) mass is 324 g/mol. The van der Waals surface area contributed by atoms with Gasteiger partial charge < -0.3 is 14.5 Å². The van der Waals surface area contributed by atoms with Crippen LogP contribution in [-0.4, -0.2) is 48.4 Å². The summed E-state index contributed by atoms with van der Waals surface area (Å²) in [5.74, 6) is 0.563. The predicted octanol–water partition coefficient (Wildman–Crippen LogP) is 2.18. The molecule has 1 heterocycles. The summed E-state index contributed by atoms with van der Waals surface area (Å²) < 4.78 is 5.10. The fourth-order valence-electron chi connectivity index (χ4n) is 2.77. The van der Waals surface area contributed by atoms with E-state index in [1.165, 1.54) is 0 Å². The van der Waals surface area contributed by atoms with E-state index in [9.17, 15) is 9.59 Å². The second-order valence-corrected chi connectivity index (χ2v) is 5.76. The van der Waals surface area contributed by atoms with Crippen LogP contribution in [0.5, 0.6) is 5.75 Å². The van der Waals surface area contributed by atoms with Crippen molar-refractivity contribution >= 4 is 11.8 Å². The Morgan fingerprint density at radius 3 is 2.38 bits per heavy atom. The van der Waals surface area contributed by atoms with Gasteiger partial charge in [-0.15, -0.1) is 0 Å². The van der Waals surface area contributed by atoms with Gasteiger partial charge in [-0.2, -0.15) is 0 Å². The van der Waals surface area contributed by atoms with Crippen molar-refractivity contribution in [1.82, 2.24) is 9.80 Å². The van der Waals surface area contributed by atoms with E-state index in [1.807, 2.05) is 30.3 Å². The molecule has 0 bridgehead atoms. The molecule has 1 fully saturated rings. The van der Waals surface area contributed by atoms with Gasteiger partial charge in [0.1, 0.15) is 12.3 Å². The number of rotatable bonds is 4. The van der Waals surface area contributed by atoms with E-state index in [0.717, 1.165) is 5.56 Å². The molecule has 1 aliphatic heterocycles. The molecule has 0 N–H and O–H groups in total. The van der Waals surface area contributed by atoms with Crippen LogP contribution >= 0.6 is 0 Å². The number of methoxy groups -OCH3 is 1. The molecule has 124 valence electrons. The lowest BCUT2D eigenvalue weighted by atomic mass is 10.1. The highest BCUT2D eigenvalue weighted by Crippen LogP contribution is 2.15. The molecule has 0 spiro atoms. The van der Waals surface area contributed by atoms with Crippen LogP contribution < -0.4 is 4.74 Å². The molecule has 5 heteroatoms. The summed E-state index contributed by atoms with van der Waals surface area (Å²) >= 11 is 0. The number of nitrogens with zero attached hydrogens (tertiary/aromatic N) is 2. The van der Waals surface area contributed by atoms with E-state index in [4.69, 9.17) is 4.74 Å². The van der Waals surface area contributed by atoms with Crippen molar-refractivity contribution in [3.63, 3.8) is 0 Å². The Hall–Kier alpha value is -2.82. The van der Waals surface area contributed by atoms with Crippen molar-refractivity contribution in [3.05, 3.63) is 65.7 Å². The molecule has 1 aliphatic rings. The summed E-state index contributed by atoms with van der Waals surface area (Å²) in [7, 11) is 1.58. The summed E-state index contributed by atoms with van der Waals surface area (Å²) in [5.41, 5.74) is 1.67. The quantitative estimate of drug-likeness (QED) is 0.866. The molecule has 0 saturated carbocycles. The lowest BCUT2D eigenvalue weighted by molar-refractivity contribution is -0.135. The van der Waals surface area contributed by atoms with Gasteiger partial charge in [0.05, 0.1) is 7.11 Å². The van der Waals surface area contributed by atoms with Crippen molar-refractivity contribution in [2.75, 3.05) is 26.7 Å². The highest BCUT2D eigenvalue weighted by molar-refractivity contribution is 5.97. The summed E-state index contributed by atoms with van der Waals surface area (Å²) in [6, 6.07) is 16.8. The molecule has 1 saturated heterocycles. The van der Waals surface area contributed by atoms with Gasteiger partial charge in [-0.25, -0.2) is 0 Å². The van der Waals surface area contributed by atoms with Crippen molar-refractivity contribution in [1.29, 1.82) is 0 Å². The Bertz CT molecular complexity index is 713. The Labute approximate surface area is 141 Å². The average Bonchev–Trinajstić information content (AvgIpc) is 2.64. The molecule has 0 unspecified atom stereocenters. The van der Waals surface area contributed by atoms with Crippen LogP contribution in [0.4, 0.5) is 0 Å². The van der Waals surface area contributed by atoms with E-state index < -0.39 is 0 Å². The van der Waals surface area contributed by atoms with Crippen molar-refractivity contribution in [3.8, 4) is 5.75 Å². The third-order valence-electron chi connectivity index (χ3n) is 4.16. The fourth-order valence-corrected chi connectivity index (χ4v) is 2.77. The minimum atomic E-state index is -0.120. The maximum absolute atomic E-state index is 12.5. The first-order valence-electron chi connectivity index (χ1n) is 7.92. The first-order chi connectivity index (χ1) is 11.7. The van der Waals surface area contributed by atoms with Crippen LogP contribution in [0.15, 0.2) is 54.6 Å². The Morgan fingerprint density at radius 2 is 1.75 bits per heavy atom. The Balaban J connectivity index is 1.62. The summed E-state index contributed by atoms with van der Waals surface area (Å²) in [6.45, 7) is 1.81. The highest BCUT2D eigenvalue weighted by Gasteiger charge is 2.27. The molecule has 2 amide bonds. The van der Waals surface area contributed by atoms with Gasteiger partial charge in [0.2, 0.25) is 5.91 Å². The molecule has 2 aromatic carbocycles. The van der Waals surface area contributed by atoms with Crippen molar-refractivity contribution in [2.45, 2.75) is 6.54 Å². The number of benzene rings is 2. The number of carbonyl (C=O) groups excluding carboxylic acids is 2. The zero-order valence-electron chi connectivity index (χ0n) is 13.6. The third kappa shape index (κ3) is 3.56. The largest absolute Gasteiger partial charge is 0.497 e. The molecule has 0 radical (unpaired) electrons. The minimum Gasteiger partial charge on any atom is -0.497 e. The predicted molar refractivity (Wildman–Crippen MR) is 90.8 cm³/mol. The molecule has 0 aromatic heterocycles. The lowest BCUT2D eigenvalue weighted by Crippen LogP contribution is -2.51. The van der Waals surface area contributed by atoms with E-state index in [1.54, 1.807) is 41.2 Å². The second-order valence-electron chi connectivity index (χ2n) is 5.76. The van der Waals surface area contributed by atoms with E-state index in [2.05, 4.69) is 0 Å². The Morgan fingerprint density at radius 1 is 1.04 bits per heavy atom. The average molecular weight is 324 g/mol. The minimum absolute atomic E-state index is 0.0213. The number of amides is 2. The van der Waals surface area contributed by atoms with Gasteiger partial charge >= 0.3 is 0 Å². The zero-order valence-corrected chi connectivity index (χ0v) is 13.6. The third-order valence-corrected chi connectivity index (χ3v) is 4.16. The number of ether oxygens (including phenoxy) is 1. The number of hydrogen-bond acceptors (Lipinski definition) is 3. The maximum atomic E-state index is 12.5. The fraction of sp³-hybridized carbons (Fsp3) is 0.263. The molecule has 0 aliphatic carbocycles. The smallest absolute Gasteiger partial charge is 0.254 e. The van der Waals surface area contributed by atoms with Crippen LogP contribution in [0.3, 0.4) is 0 Å². The van der Waals surface area contributed by atoms with Gasteiger partial charge in [0, 0.05) is 25.2 Å². The molecule has 5 nitrogen and oxygen atoms in total.